The molecule has 1 aliphatic carbocycles. The van der Waals surface area contributed by atoms with Crippen LogP contribution in [0.3, 0.4) is 0 Å². The van der Waals surface area contributed by atoms with Crippen LogP contribution in [0.2, 0.25) is 0 Å². The van der Waals surface area contributed by atoms with Crippen LogP contribution in [0.15, 0.2) is 11.6 Å². The van der Waals surface area contributed by atoms with Gasteiger partial charge in [-0.25, -0.2) is 0 Å². The van der Waals surface area contributed by atoms with Crippen LogP contribution in [0.1, 0.15) is 19.8 Å². The highest BCUT2D eigenvalue weighted by Crippen LogP contribution is 2.36. The van der Waals surface area contributed by atoms with Crippen molar-refractivity contribution in [3.63, 3.8) is 0 Å². The Morgan fingerprint density at radius 3 is 3.08 bits per heavy atom. The average molecular weight is 181 g/mol. The molecule has 2 rings (SSSR count). The number of ether oxygens (including phenoxy) is 1. The van der Waals surface area contributed by atoms with Gasteiger partial charge in [0.15, 0.2) is 0 Å². The van der Waals surface area contributed by atoms with Gasteiger partial charge in [-0.1, -0.05) is 13.0 Å². The molecule has 1 N–H and O–H groups in total. The van der Waals surface area contributed by atoms with Gasteiger partial charge >= 0.3 is 0 Å². The molecule has 2 heteroatoms. The molecule has 0 radical (unpaired) electrons. The van der Waals surface area contributed by atoms with Crippen LogP contribution in [0, 0.1) is 11.8 Å². The first-order chi connectivity index (χ1) is 6.36. The molecule has 0 aromatic rings. The number of hydrogen-bond donors (Lipinski definition) is 1. The van der Waals surface area contributed by atoms with Crippen molar-refractivity contribution in [3.05, 3.63) is 11.6 Å². The van der Waals surface area contributed by atoms with Crippen molar-refractivity contribution >= 4 is 0 Å². The van der Waals surface area contributed by atoms with E-state index in [1.807, 2.05) is 0 Å². The molecular weight excluding hydrogens is 162 g/mol. The van der Waals surface area contributed by atoms with Crippen molar-refractivity contribution in [3.8, 4) is 0 Å². The lowest BCUT2D eigenvalue weighted by molar-refractivity contribution is 0.149. The third kappa shape index (κ3) is 2.82. The van der Waals surface area contributed by atoms with E-state index in [1.54, 1.807) is 0 Å². The van der Waals surface area contributed by atoms with Gasteiger partial charge in [-0.05, 0) is 36.8 Å². The summed E-state index contributed by atoms with van der Waals surface area (Å²) in [7, 11) is 0. The minimum atomic E-state index is 0.840. The fourth-order valence-electron chi connectivity index (χ4n) is 1.83. The van der Waals surface area contributed by atoms with Crippen LogP contribution >= 0.6 is 0 Å². The van der Waals surface area contributed by atoms with Crippen LogP contribution in [-0.2, 0) is 4.74 Å². The molecule has 0 aromatic carbocycles. The van der Waals surface area contributed by atoms with Gasteiger partial charge in [0.2, 0.25) is 0 Å². The van der Waals surface area contributed by atoms with Gasteiger partial charge in [-0.3, -0.25) is 0 Å². The summed E-state index contributed by atoms with van der Waals surface area (Å²) >= 11 is 0. The Morgan fingerprint density at radius 2 is 2.46 bits per heavy atom. The highest BCUT2D eigenvalue weighted by Gasteiger charge is 2.31. The number of nitrogens with one attached hydrogen (secondary N) is 1. The van der Waals surface area contributed by atoms with E-state index < -0.39 is 0 Å². The van der Waals surface area contributed by atoms with Gasteiger partial charge in [0.25, 0.3) is 0 Å². The van der Waals surface area contributed by atoms with Crippen molar-refractivity contribution < 1.29 is 4.74 Å². The molecule has 0 amide bonds. The zero-order valence-corrected chi connectivity index (χ0v) is 8.38. The minimum Gasteiger partial charge on any atom is -0.377 e. The molecular formula is C11H19NO. The normalized spacial score (nSPS) is 32.8. The van der Waals surface area contributed by atoms with Crippen LogP contribution in [0.5, 0.6) is 0 Å². The van der Waals surface area contributed by atoms with E-state index in [2.05, 4.69) is 18.3 Å². The molecule has 74 valence electrons. The summed E-state index contributed by atoms with van der Waals surface area (Å²) in [5.74, 6) is 1.91. The van der Waals surface area contributed by atoms with Gasteiger partial charge in [-0.2, -0.15) is 0 Å². The summed E-state index contributed by atoms with van der Waals surface area (Å²) in [6.45, 7) is 6.30. The minimum absolute atomic E-state index is 0.840. The first-order valence-corrected chi connectivity index (χ1v) is 5.32. The molecule has 1 saturated carbocycles. The lowest BCUT2D eigenvalue weighted by Crippen LogP contribution is -2.23. The first kappa shape index (κ1) is 9.22. The second-order valence-corrected chi connectivity index (χ2v) is 4.31. The van der Waals surface area contributed by atoms with Crippen LogP contribution in [0.4, 0.5) is 0 Å². The van der Waals surface area contributed by atoms with E-state index in [0.29, 0.717) is 0 Å². The summed E-state index contributed by atoms with van der Waals surface area (Å²) in [4.78, 5) is 0. The third-order valence-electron chi connectivity index (χ3n) is 3.02. The molecule has 2 nitrogen and oxygen atoms in total. The number of hydrogen-bond acceptors (Lipinski definition) is 2. The number of rotatable bonds is 4. The van der Waals surface area contributed by atoms with Gasteiger partial charge in [0, 0.05) is 6.54 Å². The molecule has 1 fully saturated rings. The third-order valence-corrected chi connectivity index (χ3v) is 3.02. The molecule has 1 aliphatic heterocycles. The summed E-state index contributed by atoms with van der Waals surface area (Å²) in [5.41, 5.74) is 1.43. The van der Waals surface area contributed by atoms with E-state index in [9.17, 15) is 0 Å². The van der Waals surface area contributed by atoms with Crippen molar-refractivity contribution in [2.75, 3.05) is 26.3 Å². The van der Waals surface area contributed by atoms with E-state index in [1.165, 1.54) is 18.5 Å². The Morgan fingerprint density at radius 1 is 1.62 bits per heavy atom. The molecule has 13 heavy (non-hydrogen) atoms. The Bertz CT molecular complexity index is 200. The van der Waals surface area contributed by atoms with Crippen molar-refractivity contribution in [1.82, 2.24) is 5.32 Å². The maximum absolute atomic E-state index is 5.37. The molecule has 2 unspecified atom stereocenters. The molecule has 0 aromatic heterocycles. The molecule has 0 saturated heterocycles. The highest BCUT2D eigenvalue weighted by molar-refractivity contribution is 5.06. The highest BCUT2D eigenvalue weighted by atomic mass is 16.5. The topological polar surface area (TPSA) is 21.3 Å². The zero-order chi connectivity index (χ0) is 9.10. The molecule has 2 aliphatic rings. The van der Waals surface area contributed by atoms with E-state index in [4.69, 9.17) is 4.74 Å². The Hall–Kier alpha value is -0.340. The second-order valence-electron chi connectivity index (χ2n) is 4.31. The second kappa shape index (κ2) is 4.25. The van der Waals surface area contributed by atoms with Crippen LogP contribution in [-0.4, -0.2) is 26.3 Å². The largest absolute Gasteiger partial charge is 0.377 e. The van der Waals surface area contributed by atoms with E-state index in [-0.39, 0.29) is 0 Å². The van der Waals surface area contributed by atoms with E-state index >= 15 is 0 Å². The smallest absolute Gasteiger partial charge is 0.0689 e. The average Bonchev–Trinajstić information content (AvgIpc) is 2.84. The first-order valence-electron chi connectivity index (χ1n) is 5.32. The quantitative estimate of drug-likeness (QED) is 0.665. The predicted octanol–water partition coefficient (Wildman–Crippen LogP) is 1.58. The fraction of sp³-hybridized carbons (Fsp3) is 0.818. The lowest BCUT2D eigenvalue weighted by atomic mass is 10.2. The SMILES string of the molecule is CC1CC1CNCC1=CCCOC1. The van der Waals surface area contributed by atoms with Crippen LogP contribution in [0.25, 0.3) is 0 Å². The Labute approximate surface area is 80.4 Å². The summed E-state index contributed by atoms with van der Waals surface area (Å²) < 4.78 is 5.37. The molecule has 0 bridgehead atoms. The molecule has 1 heterocycles. The van der Waals surface area contributed by atoms with Crippen molar-refractivity contribution in [2.45, 2.75) is 19.8 Å². The Balaban J connectivity index is 1.59. The fourth-order valence-corrected chi connectivity index (χ4v) is 1.83. The van der Waals surface area contributed by atoms with Crippen LogP contribution < -0.4 is 5.32 Å². The maximum atomic E-state index is 5.37. The molecule has 2 atom stereocenters. The van der Waals surface area contributed by atoms with E-state index in [0.717, 1.165) is 38.0 Å². The standard InChI is InChI=1S/C11H19NO/c1-9-5-11(9)7-12-6-10-3-2-4-13-8-10/h3,9,11-12H,2,4-8H2,1H3. The summed E-state index contributed by atoms with van der Waals surface area (Å²) in [6.07, 6.45) is 4.83. The summed E-state index contributed by atoms with van der Waals surface area (Å²) in [5, 5.41) is 3.50. The monoisotopic (exact) mass is 181 g/mol. The van der Waals surface area contributed by atoms with Gasteiger partial charge in [0.1, 0.15) is 0 Å². The summed E-state index contributed by atoms with van der Waals surface area (Å²) in [6, 6.07) is 0. The van der Waals surface area contributed by atoms with Gasteiger partial charge in [0.05, 0.1) is 13.2 Å². The zero-order valence-electron chi connectivity index (χ0n) is 8.38. The predicted molar refractivity (Wildman–Crippen MR) is 53.7 cm³/mol. The maximum Gasteiger partial charge on any atom is 0.0689 e. The van der Waals surface area contributed by atoms with Crippen molar-refractivity contribution in [2.24, 2.45) is 11.8 Å². The van der Waals surface area contributed by atoms with Gasteiger partial charge in [-0.15, -0.1) is 0 Å². The molecule has 0 spiro atoms. The van der Waals surface area contributed by atoms with Gasteiger partial charge < -0.3 is 10.1 Å². The van der Waals surface area contributed by atoms with Crippen molar-refractivity contribution in [1.29, 1.82) is 0 Å². The Kier molecular flexibility index (Phi) is 3.01. The lowest BCUT2D eigenvalue weighted by Gasteiger charge is -2.14.